The molecule has 128 valence electrons. The van der Waals surface area contributed by atoms with Crippen molar-refractivity contribution < 1.29 is 24.5 Å². The summed E-state index contributed by atoms with van der Waals surface area (Å²) in [6, 6.07) is 9.70. The number of hydrogen-bond acceptors (Lipinski definition) is 5. The highest BCUT2D eigenvalue weighted by Crippen LogP contribution is 2.27. The fourth-order valence-corrected chi connectivity index (χ4v) is 3.07. The molecule has 2 heterocycles. The summed E-state index contributed by atoms with van der Waals surface area (Å²) in [5, 5.41) is 20.3. The third-order valence-electron chi connectivity index (χ3n) is 4.32. The summed E-state index contributed by atoms with van der Waals surface area (Å²) in [5.74, 6) is -0.344. The van der Waals surface area contributed by atoms with E-state index in [4.69, 9.17) is 9.47 Å². The summed E-state index contributed by atoms with van der Waals surface area (Å²) in [5.41, 5.74) is 0.997. The van der Waals surface area contributed by atoms with Crippen LogP contribution in [0.25, 0.3) is 6.08 Å². The zero-order chi connectivity index (χ0) is 16.9. The number of aliphatic hydroxyl groups is 2. The number of hydrogen-bond donors (Lipinski definition) is 2. The number of rotatable bonds is 4. The average Bonchev–Trinajstić information content (AvgIpc) is 2.58. The van der Waals surface area contributed by atoms with Crippen molar-refractivity contribution in [3.05, 3.63) is 54.1 Å². The summed E-state index contributed by atoms with van der Waals surface area (Å²) in [7, 11) is 0. The molecular weight excluding hydrogens is 308 g/mol. The first kappa shape index (κ1) is 16.9. The Morgan fingerprint density at radius 2 is 1.96 bits per heavy atom. The van der Waals surface area contributed by atoms with Crippen LogP contribution in [0.3, 0.4) is 0 Å². The molecule has 2 aliphatic rings. The second-order valence-electron chi connectivity index (χ2n) is 6.22. The summed E-state index contributed by atoms with van der Waals surface area (Å²) in [6.07, 6.45) is 5.41. The van der Waals surface area contributed by atoms with E-state index in [1.54, 1.807) is 12.2 Å². The number of carbonyl (C=O) groups excluding carboxylic acids is 1. The minimum atomic E-state index is -0.963. The molecule has 1 fully saturated rings. The molecule has 0 radical (unpaired) electrons. The van der Waals surface area contributed by atoms with Crippen LogP contribution in [0.15, 0.2) is 48.6 Å². The molecule has 0 aliphatic carbocycles. The van der Waals surface area contributed by atoms with Gasteiger partial charge >= 0.3 is 5.97 Å². The maximum atomic E-state index is 11.3. The minimum Gasteiger partial charge on any atom is -0.459 e. The lowest BCUT2D eigenvalue weighted by atomic mass is 9.93. The van der Waals surface area contributed by atoms with E-state index in [2.05, 4.69) is 0 Å². The van der Waals surface area contributed by atoms with Gasteiger partial charge in [-0.05, 0) is 5.56 Å². The molecule has 0 amide bonds. The van der Waals surface area contributed by atoms with E-state index in [1.807, 2.05) is 36.4 Å². The zero-order valence-corrected chi connectivity index (χ0v) is 13.3. The molecule has 24 heavy (non-hydrogen) atoms. The van der Waals surface area contributed by atoms with Crippen molar-refractivity contribution in [2.75, 3.05) is 0 Å². The first-order valence-corrected chi connectivity index (χ1v) is 8.24. The molecular formula is C19H22O5. The number of cyclic esters (lactones) is 1. The van der Waals surface area contributed by atoms with Gasteiger partial charge in [-0.15, -0.1) is 0 Å². The maximum absolute atomic E-state index is 11.3. The van der Waals surface area contributed by atoms with Gasteiger partial charge in [-0.3, -0.25) is 0 Å². The van der Waals surface area contributed by atoms with Gasteiger partial charge in [0.05, 0.1) is 12.2 Å². The van der Waals surface area contributed by atoms with Gasteiger partial charge in [0, 0.05) is 25.3 Å². The fourth-order valence-electron chi connectivity index (χ4n) is 3.07. The molecule has 0 bridgehead atoms. The highest BCUT2D eigenvalue weighted by Gasteiger charge is 2.36. The van der Waals surface area contributed by atoms with E-state index in [0.717, 1.165) is 5.56 Å². The predicted molar refractivity (Wildman–Crippen MR) is 89.0 cm³/mol. The number of carbonyl (C=O) groups is 1. The first-order valence-electron chi connectivity index (χ1n) is 8.24. The SMILES string of the molecule is O=C1C=CC[C@H](C[C@@H]2C[C@@H](O)[C@H](O)[C@@H](/C=C/c3ccccc3)O2)O1. The second kappa shape index (κ2) is 7.75. The van der Waals surface area contributed by atoms with Crippen molar-refractivity contribution in [2.45, 2.75) is 49.8 Å². The minimum absolute atomic E-state index is 0.242. The van der Waals surface area contributed by atoms with Crippen LogP contribution < -0.4 is 0 Å². The van der Waals surface area contributed by atoms with Crippen molar-refractivity contribution in [3.8, 4) is 0 Å². The van der Waals surface area contributed by atoms with E-state index >= 15 is 0 Å². The molecule has 2 N–H and O–H groups in total. The van der Waals surface area contributed by atoms with Crippen LogP contribution in [-0.4, -0.2) is 46.7 Å². The molecule has 0 aromatic heterocycles. The van der Waals surface area contributed by atoms with E-state index in [0.29, 0.717) is 19.3 Å². The highest BCUT2D eigenvalue weighted by molar-refractivity contribution is 5.82. The third-order valence-corrected chi connectivity index (χ3v) is 4.32. The van der Waals surface area contributed by atoms with Crippen LogP contribution in [-0.2, 0) is 14.3 Å². The van der Waals surface area contributed by atoms with Gasteiger partial charge in [0.2, 0.25) is 0 Å². The molecule has 3 rings (SSSR count). The van der Waals surface area contributed by atoms with Gasteiger partial charge in [-0.1, -0.05) is 48.6 Å². The summed E-state index contributed by atoms with van der Waals surface area (Å²) < 4.78 is 11.2. The number of ether oxygens (including phenoxy) is 2. The Kier molecular flexibility index (Phi) is 5.45. The molecule has 5 nitrogen and oxygen atoms in total. The van der Waals surface area contributed by atoms with Crippen LogP contribution in [0.2, 0.25) is 0 Å². The Morgan fingerprint density at radius 3 is 2.71 bits per heavy atom. The van der Waals surface area contributed by atoms with Crippen molar-refractivity contribution in [1.29, 1.82) is 0 Å². The van der Waals surface area contributed by atoms with Gasteiger partial charge in [0.1, 0.15) is 18.3 Å². The molecule has 5 atom stereocenters. The van der Waals surface area contributed by atoms with Gasteiger partial charge in [-0.2, -0.15) is 0 Å². The molecule has 0 unspecified atom stereocenters. The fraction of sp³-hybridized carbons (Fsp3) is 0.421. The number of esters is 1. The predicted octanol–water partition coefficient (Wildman–Crippen LogP) is 1.84. The molecule has 0 spiro atoms. The van der Waals surface area contributed by atoms with Crippen molar-refractivity contribution in [2.24, 2.45) is 0 Å². The maximum Gasteiger partial charge on any atom is 0.330 e. The third kappa shape index (κ3) is 4.32. The van der Waals surface area contributed by atoms with Gasteiger partial charge in [-0.25, -0.2) is 4.79 Å². The molecule has 1 aromatic rings. The van der Waals surface area contributed by atoms with Crippen LogP contribution in [0.5, 0.6) is 0 Å². The average molecular weight is 330 g/mol. The molecule has 2 aliphatic heterocycles. The Labute approximate surface area is 141 Å². The van der Waals surface area contributed by atoms with Crippen LogP contribution in [0.4, 0.5) is 0 Å². The molecule has 0 saturated carbocycles. The Hall–Kier alpha value is -1.95. The van der Waals surface area contributed by atoms with E-state index in [9.17, 15) is 15.0 Å². The lowest BCUT2D eigenvalue weighted by Crippen LogP contribution is -2.48. The van der Waals surface area contributed by atoms with Crippen LogP contribution >= 0.6 is 0 Å². The normalized spacial score (nSPS) is 33.6. The monoisotopic (exact) mass is 330 g/mol. The topological polar surface area (TPSA) is 76.0 Å². The molecule has 5 heteroatoms. The zero-order valence-electron chi connectivity index (χ0n) is 13.3. The smallest absolute Gasteiger partial charge is 0.330 e. The molecule has 1 aromatic carbocycles. The summed E-state index contributed by atoms with van der Waals surface area (Å²) >= 11 is 0. The van der Waals surface area contributed by atoms with Gasteiger partial charge in [0.15, 0.2) is 0 Å². The Bertz CT molecular complexity index is 609. The quantitative estimate of drug-likeness (QED) is 0.824. The molecule has 1 saturated heterocycles. The van der Waals surface area contributed by atoms with Crippen LogP contribution in [0, 0.1) is 0 Å². The van der Waals surface area contributed by atoms with Crippen molar-refractivity contribution >= 4 is 12.0 Å². The number of benzene rings is 1. The van der Waals surface area contributed by atoms with Crippen molar-refractivity contribution in [1.82, 2.24) is 0 Å². The van der Waals surface area contributed by atoms with Gasteiger partial charge in [0.25, 0.3) is 0 Å². The van der Waals surface area contributed by atoms with E-state index in [1.165, 1.54) is 6.08 Å². The lowest BCUT2D eigenvalue weighted by molar-refractivity contribution is -0.165. The summed E-state index contributed by atoms with van der Waals surface area (Å²) in [4.78, 5) is 11.3. The van der Waals surface area contributed by atoms with E-state index < -0.39 is 18.3 Å². The largest absolute Gasteiger partial charge is 0.459 e. The highest BCUT2D eigenvalue weighted by atomic mass is 16.5. The number of aliphatic hydroxyl groups excluding tert-OH is 2. The van der Waals surface area contributed by atoms with Gasteiger partial charge < -0.3 is 19.7 Å². The Balaban J connectivity index is 1.62. The van der Waals surface area contributed by atoms with Crippen LogP contribution in [0.1, 0.15) is 24.8 Å². The van der Waals surface area contributed by atoms with Crippen molar-refractivity contribution in [3.63, 3.8) is 0 Å². The lowest BCUT2D eigenvalue weighted by Gasteiger charge is -2.37. The Morgan fingerprint density at radius 1 is 1.17 bits per heavy atom. The summed E-state index contributed by atoms with van der Waals surface area (Å²) in [6.45, 7) is 0. The second-order valence-corrected chi connectivity index (χ2v) is 6.22. The van der Waals surface area contributed by atoms with E-state index in [-0.39, 0.29) is 18.2 Å². The first-order chi connectivity index (χ1) is 11.6. The standard InChI is InChI=1S/C19H22O5/c20-16-12-15(11-14-7-4-8-18(21)24-14)23-17(19(16)22)10-9-13-5-2-1-3-6-13/h1-6,8-10,14-17,19-20,22H,7,11-12H2/b10-9+/t14-,15-,16-,17-,19+/m1/s1.